The van der Waals surface area contributed by atoms with Crippen molar-refractivity contribution in [2.24, 2.45) is 0 Å². The molecule has 152 valence electrons. The number of benzene rings is 2. The van der Waals surface area contributed by atoms with Gasteiger partial charge in [-0.3, -0.25) is 0 Å². The molecule has 0 saturated carbocycles. The molecule has 0 saturated heterocycles. The summed E-state index contributed by atoms with van der Waals surface area (Å²) in [6.45, 7) is 0. The van der Waals surface area contributed by atoms with Gasteiger partial charge in [-0.2, -0.15) is 4.98 Å². The molecule has 0 fully saturated rings. The monoisotopic (exact) mass is 444 g/mol. The van der Waals surface area contributed by atoms with Crippen LogP contribution in [-0.4, -0.2) is 28.5 Å². The second-order valence-corrected chi connectivity index (χ2v) is 6.52. The summed E-state index contributed by atoms with van der Waals surface area (Å²) in [5, 5.41) is 15.5. The second-order valence-electron chi connectivity index (χ2n) is 5.70. The number of rotatable bonds is 5. The summed E-state index contributed by atoms with van der Waals surface area (Å²) in [4.78, 5) is 8.50. The zero-order chi connectivity index (χ0) is 21.2. The van der Waals surface area contributed by atoms with E-state index in [1.165, 1.54) is 36.4 Å². The molecule has 3 aromatic rings. The van der Waals surface area contributed by atoms with Crippen LogP contribution in [0.2, 0.25) is 10.0 Å². The Labute approximate surface area is 173 Å². The predicted octanol–water partition coefficient (Wildman–Crippen LogP) is 5.84. The minimum Gasteiger partial charge on any atom is -0.505 e. The number of ether oxygens (including phenoxy) is 1. The van der Waals surface area contributed by atoms with Crippen LogP contribution in [0.1, 0.15) is 0 Å². The molecule has 29 heavy (non-hydrogen) atoms. The molecular formula is C18H13Cl2F3N4O2. The van der Waals surface area contributed by atoms with E-state index in [2.05, 4.69) is 25.3 Å². The summed E-state index contributed by atoms with van der Waals surface area (Å²) in [5.41, 5.74) is 1.17. The molecule has 2 aromatic carbocycles. The normalized spacial score (nSPS) is 11.2. The van der Waals surface area contributed by atoms with E-state index in [9.17, 15) is 18.3 Å². The summed E-state index contributed by atoms with van der Waals surface area (Å²) in [6.07, 6.45) is -4.80. The highest BCUT2D eigenvalue weighted by Gasteiger charge is 2.31. The lowest BCUT2D eigenvalue weighted by molar-refractivity contribution is -0.274. The fourth-order valence-corrected chi connectivity index (χ4v) is 2.90. The lowest BCUT2D eigenvalue weighted by Gasteiger charge is -2.12. The van der Waals surface area contributed by atoms with E-state index < -0.39 is 6.36 Å². The molecule has 0 unspecified atom stereocenters. The standard InChI is InChI=1S/C18H13Cl2F3N4O2/c1-24-17-26-14(9-3-2-4-11(5-9)29-18(21,22)23)8-15(27-17)25-10-6-12(19)16(28)13(20)7-10/h2-8,28H,1H3,(H2,24,25,26,27). The predicted molar refractivity (Wildman–Crippen MR) is 105 cm³/mol. The number of nitrogens with zero attached hydrogens (tertiary/aromatic N) is 2. The van der Waals surface area contributed by atoms with Gasteiger partial charge in [0.15, 0.2) is 5.75 Å². The molecular weight excluding hydrogens is 432 g/mol. The van der Waals surface area contributed by atoms with E-state index in [1.807, 2.05) is 0 Å². The molecule has 3 rings (SSSR count). The maximum atomic E-state index is 12.5. The van der Waals surface area contributed by atoms with Gasteiger partial charge in [0.1, 0.15) is 11.6 Å². The first-order chi connectivity index (χ1) is 13.6. The number of nitrogens with one attached hydrogen (secondary N) is 2. The van der Waals surface area contributed by atoms with Crippen LogP contribution in [0.4, 0.5) is 30.6 Å². The molecule has 0 atom stereocenters. The van der Waals surface area contributed by atoms with Crippen molar-refractivity contribution in [3.63, 3.8) is 0 Å². The first-order valence-electron chi connectivity index (χ1n) is 8.02. The zero-order valence-corrected chi connectivity index (χ0v) is 16.2. The van der Waals surface area contributed by atoms with Gasteiger partial charge in [0.25, 0.3) is 0 Å². The molecule has 3 N–H and O–H groups in total. The van der Waals surface area contributed by atoms with Crippen molar-refractivity contribution >= 4 is 40.7 Å². The number of aromatic nitrogens is 2. The topological polar surface area (TPSA) is 79.3 Å². The third kappa shape index (κ3) is 5.33. The Bertz CT molecular complexity index is 1020. The quantitative estimate of drug-likeness (QED) is 0.429. The first kappa shape index (κ1) is 20.8. The van der Waals surface area contributed by atoms with Gasteiger partial charge >= 0.3 is 6.36 Å². The zero-order valence-electron chi connectivity index (χ0n) is 14.7. The summed E-state index contributed by atoms with van der Waals surface area (Å²) < 4.78 is 41.4. The average molecular weight is 445 g/mol. The third-order valence-electron chi connectivity index (χ3n) is 3.60. The molecule has 1 aromatic heterocycles. The van der Waals surface area contributed by atoms with E-state index in [4.69, 9.17) is 23.2 Å². The highest BCUT2D eigenvalue weighted by molar-refractivity contribution is 6.37. The van der Waals surface area contributed by atoms with Crippen molar-refractivity contribution in [1.29, 1.82) is 0 Å². The Kier molecular flexibility index (Phi) is 5.90. The van der Waals surface area contributed by atoms with E-state index in [0.29, 0.717) is 22.8 Å². The van der Waals surface area contributed by atoms with Crippen molar-refractivity contribution in [1.82, 2.24) is 9.97 Å². The van der Waals surface area contributed by atoms with Gasteiger partial charge in [0, 0.05) is 24.4 Å². The Morgan fingerprint density at radius 1 is 1.03 bits per heavy atom. The number of alkyl halides is 3. The number of halogens is 5. The van der Waals surface area contributed by atoms with Crippen LogP contribution in [0.5, 0.6) is 11.5 Å². The van der Waals surface area contributed by atoms with Crippen LogP contribution in [0.25, 0.3) is 11.3 Å². The van der Waals surface area contributed by atoms with E-state index >= 15 is 0 Å². The Morgan fingerprint density at radius 2 is 1.72 bits per heavy atom. The Morgan fingerprint density at radius 3 is 2.34 bits per heavy atom. The summed E-state index contributed by atoms with van der Waals surface area (Å²) in [7, 11) is 1.60. The summed E-state index contributed by atoms with van der Waals surface area (Å²) in [6, 6.07) is 9.84. The van der Waals surface area contributed by atoms with Gasteiger partial charge in [-0.15, -0.1) is 13.2 Å². The molecule has 1 heterocycles. The van der Waals surface area contributed by atoms with Crippen LogP contribution in [0, 0.1) is 0 Å². The van der Waals surface area contributed by atoms with Crippen molar-refractivity contribution in [3.8, 4) is 22.8 Å². The SMILES string of the molecule is CNc1nc(Nc2cc(Cl)c(O)c(Cl)c2)cc(-c2cccc(OC(F)(F)F)c2)n1. The van der Waals surface area contributed by atoms with Gasteiger partial charge in [-0.25, -0.2) is 4.98 Å². The number of anilines is 3. The van der Waals surface area contributed by atoms with Crippen LogP contribution < -0.4 is 15.4 Å². The van der Waals surface area contributed by atoms with Crippen LogP contribution in [0.15, 0.2) is 42.5 Å². The summed E-state index contributed by atoms with van der Waals surface area (Å²) in [5.74, 6) is -0.0756. The minimum atomic E-state index is -4.80. The lowest BCUT2D eigenvalue weighted by Crippen LogP contribution is -2.17. The van der Waals surface area contributed by atoms with Gasteiger partial charge in [-0.1, -0.05) is 35.3 Å². The Balaban J connectivity index is 1.97. The molecule has 0 bridgehead atoms. The van der Waals surface area contributed by atoms with Crippen LogP contribution in [-0.2, 0) is 0 Å². The van der Waals surface area contributed by atoms with Crippen molar-refractivity contribution in [3.05, 3.63) is 52.5 Å². The van der Waals surface area contributed by atoms with Crippen LogP contribution in [0.3, 0.4) is 0 Å². The van der Waals surface area contributed by atoms with Gasteiger partial charge in [0.2, 0.25) is 5.95 Å². The highest BCUT2D eigenvalue weighted by atomic mass is 35.5. The average Bonchev–Trinajstić information content (AvgIpc) is 2.64. The van der Waals surface area contributed by atoms with E-state index in [-0.39, 0.29) is 27.5 Å². The second kappa shape index (κ2) is 8.22. The highest BCUT2D eigenvalue weighted by Crippen LogP contribution is 2.36. The third-order valence-corrected chi connectivity index (χ3v) is 4.18. The van der Waals surface area contributed by atoms with E-state index in [1.54, 1.807) is 13.1 Å². The number of phenolic OH excluding ortho intramolecular Hbond substituents is 1. The molecule has 0 aliphatic carbocycles. The molecule has 6 nitrogen and oxygen atoms in total. The minimum absolute atomic E-state index is 0.0418. The molecule has 0 aliphatic heterocycles. The molecule has 0 radical (unpaired) electrons. The van der Waals surface area contributed by atoms with Crippen molar-refractivity contribution in [2.45, 2.75) is 6.36 Å². The fourth-order valence-electron chi connectivity index (χ4n) is 2.41. The van der Waals surface area contributed by atoms with Crippen molar-refractivity contribution < 1.29 is 23.0 Å². The molecule has 11 heteroatoms. The number of hydrogen-bond donors (Lipinski definition) is 3. The van der Waals surface area contributed by atoms with Gasteiger partial charge < -0.3 is 20.5 Å². The number of aromatic hydroxyl groups is 1. The molecule has 0 spiro atoms. The fraction of sp³-hybridized carbons (Fsp3) is 0.111. The molecule has 0 aliphatic rings. The van der Waals surface area contributed by atoms with Gasteiger partial charge in [0.05, 0.1) is 15.7 Å². The van der Waals surface area contributed by atoms with Gasteiger partial charge in [-0.05, 0) is 24.3 Å². The Hall–Kier alpha value is -2.91. The maximum absolute atomic E-state index is 12.5. The number of phenols is 1. The first-order valence-corrected chi connectivity index (χ1v) is 8.78. The largest absolute Gasteiger partial charge is 0.573 e. The molecule has 0 amide bonds. The number of hydrogen-bond acceptors (Lipinski definition) is 6. The summed E-state index contributed by atoms with van der Waals surface area (Å²) >= 11 is 11.8. The van der Waals surface area contributed by atoms with Crippen LogP contribution >= 0.6 is 23.2 Å². The van der Waals surface area contributed by atoms with Crippen molar-refractivity contribution in [2.75, 3.05) is 17.7 Å². The van der Waals surface area contributed by atoms with E-state index in [0.717, 1.165) is 0 Å². The lowest BCUT2D eigenvalue weighted by atomic mass is 10.1. The maximum Gasteiger partial charge on any atom is 0.573 e. The smallest absolute Gasteiger partial charge is 0.505 e.